The smallest absolute Gasteiger partial charge is 0.249 e. The number of nitrogens with zero attached hydrogens (tertiary/aromatic N) is 1. The second kappa shape index (κ2) is 7.86. The van der Waals surface area contributed by atoms with Gasteiger partial charge in [-0.05, 0) is 48.9 Å². The molecule has 3 rings (SSSR count). The first kappa shape index (κ1) is 18.4. The van der Waals surface area contributed by atoms with Crippen LogP contribution in [0.25, 0.3) is 0 Å². The lowest BCUT2D eigenvalue weighted by molar-refractivity contribution is -0.124. The molecule has 27 heavy (non-hydrogen) atoms. The number of aryl methyl sites for hydroxylation is 1. The van der Waals surface area contributed by atoms with Crippen molar-refractivity contribution in [1.82, 2.24) is 5.32 Å². The van der Waals surface area contributed by atoms with Crippen LogP contribution in [0.5, 0.6) is 5.75 Å². The third-order valence-electron chi connectivity index (χ3n) is 3.94. The molecule has 0 spiro atoms. The van der Waals surface area contributed by atoms with Crippen LogP contribution in [0.3, 0.4) is 0 Å². The van der Waals surface area contributed by atoms with Gasteiger partial charge in [0.15, 0.2) is 0 Å². The lowest BCUT2D eigenvalue weighted by Crippen LogP contribution is -2.45. The summed E-state index contributed by atoms with van der Waals surface area (Å²) >= 11 is 0. The van der Waals surface area contributed by atoms with Crippen molar-refractivity contribution in [2.75, 3.05) is 17.7 Å². The maximum Gasteiger partial charge on any atom is 0.249 e. The fraction of sp³-hybridized carbons (Fsp3) is 0.211. The van der Waals surface area contributed by atoms with Gasteiger partial charge in [-0.2, -0.15) is 0 Å². The molecule has 0 saturated carbocycles. The molecule has 0 radical (unpaired) electrons. The van der Waals surface area contributed by atoms with E-state index in [9.17, 15) is 14.0 Å². The average Bonchev–Trinajstić information content (AvgIpc) is 2.63. The van der Waals surface area contributed by atoms with Crippen LogP contribution < -0.4 is 20.7 Å². The van der Waals surface area contributed by atoms with Crippen molar-refractivity contribution in [3.05, 3.63) is 53.8 Å². The van der Waals surface area contributed by atoms with E-state index in [0.717, 1.165) is 5.56 Å². The van der Waals surface area contributed by atoms with Gasteiger partial charge in [0.1, 0.15) is 17.6 Å². The third-order valence-corrected chi connectivity index (χ3v) is 3.94. The molecule has 0 fully saturated rings. The Labute approximate surface area is 155 Å². The minimum Gasteiger partial charge on any atom is -0.495 e. The first-order valence-electron chi connectivity index (χ1n) is 8.30. The summed E-state index contributed by atoms with van der Waals surface area (Å²) in [7, 11) is 1.51. The summed E-state index contributed by atoms with van der Waals surface area (Å²) in [6.45, 7) is 1.89. The van der Waals surface area contributed by atoms with E-state index in [1.165, 1.54) is 31.4 Å². The van der Waals surface area contributed by atoms with Gasteiger partial charge < -0.3 is 15.4 Å². The number of nitrogens with one attached hydrogen (secondary N) is 3. The Hall–Kier alpha value is -3.42. The SMILES string of the molecule is COc1ccc(C)cc1NC(=O)C1CC(=O)NC(Nc2ccc(F)cc2)=N1. The molecule has 2 aromatic rings. The standard InChI is InChI=1S/C19H19FN4O3/c1-11-3-8-16(27-2)14(9-11)22-18(26)15-10-17(25)24-19(23-15)21-13-6-4-12(20)5-7-13/h3-9,15H,10H2,1-2H3,(H,22,26)(H2,21,23,24,25). The largest absolute Gasteiger partial charge is 0.495 e. The van der Waals surface area contributed by atoms with Gasteiger partial charge in [0, 0.05) is 5.69 Å². The summed E-state index contributed by atoms with van der Waals surface area (Å²) in [5.41, 5.74) is 2.00. The molecule has 0 aromatic heterocycles. The molecule has 0 bridgehead atoms. The number of carbonyl (C=O) groups is 2. The normalized spacial score (nSPS) is 16.2. The van der Waals surface area contributed by atoms with E-state index in [4.69, 9.17) is 4.74 Å². The number of aliphatic imine (C=N–C) groups is 1. The third kappa shape index (κ3) is 4.60. The number of ether oxygens (including phenoxy) is 1. The van der Waals surface area contributed by atoms with Gasteiger partial charge >= 0.3 is 0 Å². The molecule has 0 saturated heterocycles. The van der Waals surface area contributed by atoms with Crippen molar-refractivity contribution in [2.24, 2.45) is 4.99 Å². The first-order chi connectivity index (χ1) is 12.9. The topological polar surface area (TPSA) is 91.8 Å². The average molecular weight is 370 g/mol. The molecule has 1 aliphatic heterocycles. The van der Waals surface area contributed by atoms with Gasteiger partial charge in [0.25, 0.3) is 0 Å². The van der Waals surface area contributed by atoms with E-state index in [0.29, 0.717) is 17.1 Å². The van der Waals surface area contributed by atoms with Crippen LogP contribution in [0.1, 0.15) is 12.0 Å². The fourth-order valence-electron chi connectivity index (χ4n) is 2.61. The second-order valence-electron chi connectivity index (χ2n) is 6.07. The monoisotopic (exact) mass is 370 g/mol. The van der Waals surface area contributed by atoms with E-state index in [2.05, 4.69) is 20.9 Å². The number of hydrogen-bond acceptors (Lipinski definition) is 5. The Morgan fingerprint density at radius 1 is 1.26 bits per heavy atom. The predicted octanol–water partition coefficient (Wildman–Crippen LogP) is 2.44. The molecule has 3 N–H and O–H groups in total. The van der Waals surface area contributed by atoms with E-state index in [-0.39, 0.29) is 24.1 Å². The van der Waals surface area contributed by atoms with Crippen molar-refractivity contribution in [2.45, 2.75) is 19.4 Å². The summed E-state index contributed by atoms with van der Waals surface area (Å²) in [4.78, 5) is 28.8. The number of amides is 2. The van der Waals surface area contributed by atoms with Crippen LogP contribution in [0, 0.1) is 12.7 Å². The lowest BCUT2D eigenvalue weighted by Gasteiger charge is -2.21. The summed E-state index contributed by atoms with van der Waals surface area (Å²) in [6.07, 6.45) is -0.0748. The maximum atomic E-state index is 13.0. The minimum atomic E-state index is -0.896. The Kier molecular flexibility index (Phi) is 5.35. The van der Waals surface area contributed by atoms with Crippen LogP contribution in [0.2, 0.25) is 0 Å². The predicted molar refractivity (Wildman–Crippen MR) is 100 cm³/mol. The highest BCUT2D eigenvalue weighted by atomic mass is 19.1. The quantitative estimate of drug-likeness (QED) is 0.771. The highest BCUT2D eigenvalue weighted by Gasteiger charge is 2.27. The van der Waals surface area contributed by atoms with Crippen LogP contribution in [0.15, 0.2) is 47.5 Å². The van der Waals surface area contributed by atoms with Crippen molar-refractivity contribution >= 4 is 29.1 Å². The highest BCUT2D eigenvalue weighted by molar-refractivity contribution is 6.10. The number of halogens is 1. The minimum absolute atomic E-state index is 0.0748. The fourth-order valence-corrected chi connectivity index (χ4v) is 2.61. The van der Waals surface area contributed by atoms with Gasteiger partial charge in [0.05, 0.1) is 19.2 Å². The molecule has 1 heterocycles. The van der Waals surface area contributed by atoms with Crippen molar-refractivity contribution < 1.29 is 18.7 Å². The van der Waals surface area contributed by atoms with Gasteiger partial charge in [-0.1, -0.05) is 6.07 Å². The van der Waals surface area contributed by atoms with Gasteiger partial charge in [-0.3, -0.25) is 14.9 Å². The number of methoxy groups -OCH3 is 1. The molecule has 8 heteroatoms. The molecule has 1 aliphatic rings. The zero-order chi connectivity index (χ0) is 19.4. The second-order valence-corrected chi connectivity index (χ2v) is 6.07. The number of carbonyl (C=O) groups excluding carboxylic acids is 2. The zero-order valence-electron chi connectivity index (χ0n) is 14.9. The van der Waals surface area contributed by atoms with Crippen LogP contribution in [-0.4, -0.2) is 30.9 Å². The summed E-state index contributed by atoms with van der Waals surface area (Å²) in [5.74, 6) is -0.491. The molecule has 2 aromatic carbocycles. The van der Waals surface area contributed by atoms with Crippen LogP contribution >= 0.6 is 0 Å². The number of anilines is 2. The Balaban J connectivity index is 1.76. The zero-order valence-corrected chi connectivity index (χ0v) is 14.9. The molecule has 2 amide bonds. The highest BCUT2D eigenvalue weighted by Crippen LogP contribution is 2.25. The number of guanidine groups is 1. The van der Waals surface area contributed by atoms with E-state index in [1.807, 2.05) is 13.0 Å². The summed E-state index contributed by atoms with van der Waals surface area (Å²) in [6, 6.07) is 10.1. The van der Waals surface area contributed by atoms with Crippen molar-refractivity contribution in [3.63, 3.8) is 0 Å². The van der Waals surface area contributed by atoms with E-state index < -0.39 is 11.9 Å². The Bertz CT molecular complexity index is 896. The van der Waals surface area contributed by atoms with Crippen molar-refractivity contribution in [3.8, 4) is 5.75 Å². The Morgan fingerprint density at radius 3 is 2.70 bits per heavy atom. The van der Waals surface area contributed by atoms with Gasteiger partial charge in [-0.25, -0.2) is 9.38 Å². The van der Waals surface area contributed by atoms with Crippen LogP contribution in [-0.2, 0) is 9.59 Å². The van der Waals surface area contributed by atoms with E-state index >= 15 is 0 Å². The number of rotatable bonds is 4. The van der Waals surface area contributed by atoms with E-state index in [1.54, 1.807) is 12.1 Å². The molecule has 1 atom stereocenters. The molecule has 7 nitrogen and oxygen atoms in total. The number of hydrogen-bond donors (Lipinski definition) is 3. The maximum absolute atomic E-state index is 13.0. The van der Waals surface area contributed by atoms with Crippen molar-refractivity contribution in [1.29, 1.82) is 0 Å². The molecular weight excluding hydrogens is 351 g/mol. The number of benzene rings is 2. The molecular formula is C19H19FN4O3. The first-order valence-corrected chi connectivity index (χ1v) is 8.30. The molecule has 140 valence electrons. The summed E-state index contributed by atoms with van der Waals surface area (Å²) in [5, 5.41) is 8.18. The lowest BCUT2D eigenvalue weighted by atomic mass is 10.1. The van der Waals surface area contributed by atoms with Gasteiger partial charge in [-0.15, -0.1) is 0 Å². The summed E-state index contributed by atoms with van der Waals surface area (Å²) < 4.78 is 18.2. The Morgan fingerprint density at radius 2 is 2.00 bits per heavy atom. The van der Waals surface area contributed by atoms with Gasteiger partial charge in [0.2, 0.25) is 17.8 Å². The molecule has 1 unspecified atom stereocenters. The molecule has 0 aliphatic carbocycles. The van der Waals surface area contributed by atoms with Crippen LogP contribution in [0.4, 0.5) is 15.8 Å².